The highest BCUT2D eigenvalue weighted by Crippen LogP contribution is 2.33. The van der Waals surface area contributed by atoms with Gasteiger partial charge in [-0.3, -0.25) is 14.9 Å². The number of anilines is 1. The Hall–Kier alpha value is -3.29. The van der Waals surface area contributed by atoms with Crippen LogP contribution in [0.1, 0.15) is 28.8 Å². The van der Waals surface area contributed by atoms with E-state index >= 15 is 0 Å². The molecule has 1 amide bonds. The highest BCUT2D eigenvalue weighted by Gasteiger charge is 2.25. The number of nitro benzene ring substituents is 1. The summed E-state index contributed by atoms with van der Waals surface area (Å²) in [6.45, 7) is 0.633. The number of carbonyl (C=O) groups is 1. The quantitative estimate of drug-likeness (QED) is 0.575. The van der Waals surface area contributed by atoms with Gasteiger partial charge in [-0.2, -0.15) is 0 Å². The van der Waals surface area contributed by atoms with Crippen LogP contribution in [0.4, 0.5) is 11.4 Å². The van der Waals surface area contributed by atoms with Crippen LogP contribution < -0.4 is 20.1 Å². The standard InChI is InChI=1S/C19H19N3O5/c23-19(20-8-7-12-1-6-17-18(9-12)27-11-26-17)13-2-5-15(21-14-3-4-14)16(10-13)22(24)25/h1-2,5-6,9-10,14,21H,3-4,7-8,11H2,(H,20,23). The molecular formula is C19H19N3O5. The summed E-state index contributed by atoms with van der Waals surface area (Å²) in [5, 5.41) is 17.2. The number of ether oxygens (including phenoxy) is 2. The molecule has 0 radical (unpaired) electrons. The van der Waals surface area contributed by atoms with Crippen molar-refractivity contribution in [3.63, 3.8) is 0 Å². The van der Waals surface area contributed by atoms with Gasteiger partial charge in [0, 0.05) is 24.2 Å². The molecule has 1 aliphatic heterocycles. The van der Waals surface area contributed by atoms with E-state index in [1.54, 1.807) is 12.1 Å². The van der Waals surface area contributed by atoms with Gasteiger partial charge >= 0.3 is 0 Å². The molecule has 1 fully saturated rings. The molecule has 1 aliphatic carbocycles. The summed E-state index contributed by atoms with van der Waals surface area (Å²) in [5.74, 6) is 1.08. The molecule has 27 heavy (non-hydrogen) atoms. The van der Waals surface area contributed by atoms with Gasteiger partial charge < -0.3 is 20.1 Å². The molecule has 4 rings (SSSR count). The number of amides is 1. The maximum Gasteiger partial charge on any atom is 0.293 e. The first-order chi connectivity index (χ1) is 13.1. The maximum absolute atomic E-state index is 12.3. The number of fused-ring (bicyclic) bond motifs is 1. The topological polar surface area (TPSA) is 103 Å². The van der Waals surface area contributed by atoms with Crippen molar-refractivity contribution in [2.45, 2.75) is 25.3 Å². The highest BCUT2D eigenvalue weighted by atomic mass is 16.7. The minimum absolute atomic E-state index is 0.0784. The fourth-order valence-corrected chi connectivity index (χ4v) is 2.91. The van der Waals surface area contributed by atoms with Crippen molar-refractivity contribution in [3.05, 3.63) is 57.6 Å². The summed E-state index contributed by atoms with van der Waals surface area (Å²) in [4.78, 5) is 23.2. The summed E-state index contributed by atoms with van der Waals surface area (Å²) in [7, 11) is 0. The smallest absolute Gasteiger partial charge is 0.293 e. The number of nitro groups is 1. The van der Waals surface area contributed by atoms with Crippen LogP contribution in [-0.4, -0.2) is 30.2 Å². The van der Waals surface area contributed by atoms with Crippen molar-refractivity contribution in [2.24, 2.45) is 0 Å². The second kappa shape index (κ2) is 7.14. The fourth-order valence-electron chi connectivity index (χ4n) is 2.91. The normalized spacial score (nSPS) is 14.7. The van der Waals surface area contributed by atoms with Gasteiger partial charge in [0.05, 0.1) is 4.92 Å². The van der Waals surface area contributed by atoms with Crippen LogP contribution >= 0.6 is 0 Å². The van der Waals surface area contributed by atoms with E-state index in [4.69, 9.17) is 9.47 Å². The summed E-state index contributed by atoms with van der Waals surface area (Å²) in [5.41, 5.74) is 1.66. The van der Waals surface area contributed by atoms with Gasteiger partial charge in [-0.25, -0.2) is 0 Å². The van der Waals surface area contributed by atoms with Gasteiger partial charge in [-0.15, -0.1) is 0 Å². The van der Waals surface area contributed by atoms with E-state index in [1.165, 1.54) is 6.07 Å². The molecule has 0 unspecified atom stereocenters. The third-order valence-corrected chi connectivity index (χ3v) is 4.53. The van der Waals surface area contributed by atoms with Gasteiger partial charge in [0.2, 0.25) is 6.79 Å². The highest BCUT2D eigenvalue weighted by molar-refractivity contribution is 5.95. The Morgan fingerprint density at radius 2 is 1.96 bits per heavy atom. The lowest BCUT2D eigenvalue weighted by molar-refractivity contribution is -0.384. The third-order valence-electron chi connectivity index (χ3n) is 4.53. The van der Waals surface area contributed by atoms with Crippen molar-refractivity contribution in [1.29, 1.82) is 0 Å². The number of rotatable bonds is 7. The van der Waals surface area contributed by atoms with Crippen LogP contribution in [0.25, 0.3) is 0 Å². The molecule has 140 valence electrons. The van der Waals surface area contributed by atoms with Gasteiger partial charge in [-0.1, -0.05) is 6.07 Å². The van der Waals surface area contributed by atoms with Crippen molar-refractivity contribution >= 4 is 17.3 Å². The fraction of sp³-hybridized carbons (Fsp3) is 0.316. The molecule has 1 saturated carbocycles. The molecule has 0 spiro atoms. The Balaban J connectivity index is 1.37. The van der Waals surface area contributed by atoms with Crippen molar-refractivity contribution in [1.82, 2.24) is 5.32 Å². The molecule has 8 nitrogen and oxygen atoms in total. The number of carbonyl (C=O) groups excluding carboxylic acids is 1. The predicted molar refractivity (Wildman–Crippen MR) is 98.3 cm³/mol. The zero-order valence-corrected chi connectivity index (χ0v) is 14.6. The Kier molecular flexibility index (Phi) is 4.53. The largest absolute Gasteiger partial charge is 0.454 e. The van der Waals surface area contributed by atoms with E-state index in [2.05, 4.69) is 10.6 Å². The lowest BCUT2D eigenvalue weighted by atomic mass is 10.1. The van der Waals surface area contributed by atoms with Crippen molar-refractivity contribution in [3.8, 4) is 11.5 Å². The van der Waals surface area contributed by atoms with E-state index in [-0.39, 0.29) is 24.0 Å². The van der Waals surface area contributed by atoms with Crippen LogP contribution in [0.2, 0.25) is 0 Å². The molecule has 0 bridgehead atoms. The third kappa shape index (κ3) is 3.94. The van der Waals surface area contributed by atoms with Crippen molar-refractivity contribution < 1.29 is 19.2 Å². The molecule has 1 heterocycles. The Bertz CT molecular complexity index is 895. The zero-order chi connectivity index (χ0) is 18.8. The number of nitrogens with zero attached hydrogens (tertiary/aromatic N) is 1. The van der Waals surface area contributed by atoms with E-state index in [0.717, 1.165) is 24.2 Å². The van der Waals surface area contributed by atoms with Gasteiger partial charge in [-0.05, 0) is 49.1 Å². The summed E-state index contributed by atoms with van der Waals surface area (Å²) >= 11 is 0. The van der Waals surface area contributed by atoms with Gasteiger partial charge in [0.25, 0.3) is 11.6 Å². The SMILES string of the molecule is O=C(NCCc1ccc2c(c1)OCO2)c1ccc(NC2CC2)c([N+](=O)[O-])c1. The van der Waals surface area contributed by atoms with E-state index < -0.39 is 4.92 Å². The minimum atomic E-state index is -0.464. The molecule has 0 aromatic heterocycles. The second-order valence-electron chi connectivity index (χ2n) is 6.60. The van der Waals surface area contributed by atoms with Crippen LogP contribution in [0.3, 0.4) is 0 Å². The first kappa shape index (κ1) is 17.1. The number of nitrogens with one attached hydrogen (secondary N) is 2. The van der Waals surface area contributed by atoms with Crippen LogP contribution in [0.15, 0.2) is 36.4 Å². The first-order valence-electron chi connectivity index (χ1n) is 8.82. The van der Waals surface area contributed by atoms with E-state index in [0.29, 0.717) is 30.4 Å². The zero-order valence-electron chi connectivity index (χ0n) is 14.6. The monoisotopic (exact) mass is 369 g/mol. The average Bonchev–Trinajstić information content (AvgIpc) is 3.35. The summed E-state index contributed by atoms with van der Waals surface area (Å²) < 4.78 is 10.6. The molecule has 2 aromatic carbocycles. The molecule has 2 N–H and O–H groups in total. The number of benzene rings is 2. The Labute approximate surface area is 155 Å². The number of hydrogen-bond acceptors (Lipinski definition) is 6. The van der Waals surface area contributed by atoms with Crippen LogP contribution in [0.5, 0.6) is 11.5 Å². The van der Waals surface area contributed by atoms with Crippen LogP contribution in [-0.2, 0) is 6.42 Å². The van der Waals surface area contributed by atoms with Crippen LogP contribution in [0, 0.1) is 10.1 Å². The second-order valence-corrected chi connectivity index (χ2v) is 6.60. The molecule has 0 saturated heterocycles. The molecular weight excluding hydrogens is 350 g/mol. The van der Waals surface area contributed by atoms with Gasteiger partial charge in [0.15, 0.2) is 11.5 Å². The molecule has 2 aromatic rings. The van der Waals surface area contributed by atoms with E-state index in [1.807, 2.05) is 18.2 Å². The van der Waals surface area contributed by atoms with Gasteiger partial charge in [0.1, 0.15) is 5.69 Å². The van der Waals surface area contributed by atoms with Crippen molar-refractivity contribution in [2.75, 3.05) is 18.7 Å². The molecule has 2 aliphatic rings. The summed E-state index contributed by atoms with van der Waals surface area (Å²) in [6, 6.07) is 10.5. The molecule has 8 heteroatoms. The predicted octanol–water partition coefficient (Wildman–Crippen LogP) is 2.87. The Morgan fingerprint density at radius 1 is 1.15 bits per heavy atom. The first-order valence-corrected chi connectivity index (χ1v) is 8.82. The average molecular weight is 369 g/mol. The Morgan fingerprint density at radius 3 is 2.74 bits per heavy atom. The lowest BCUT2D eigenvalue weighted by Crippen LogP contribution is -2.25. The number of hydrogen-bond donors (Lipinski definition) is 2. The minimum Gasteiger partial charge on any atom is -0.454 e. The maximum atomic E-state index is 12.3. The lowest BCUT2D eigenvalue weighted by Gasteiger charge is -2.09. The molecule has 0 atom stereocenters. The summed E-state index contributed by atoms with van der Waals surface area (Å²) in [6.07, 6.45) is 2.64. The van der Waals surface area contributed by atoms with E-state index in [9.17, 15) is 14.9 Å².